The SMILES string of the molecule is Cc1nc(S[C@H](C)C(=O)Nc2cc(F)ccc2F)c2c(C)c(C)sc2n1. The number of anilines is 1. The van der Waals surface area contributed by atoms with E-state index in [0.29, 0.717) is 5.82 Å². The summed E-state index contributed by atoms with van der Waals surface area (Å²) in [5.74, 6) is -1.08. The number of halogens is 2. The van der Waals surface area contributed by atoms with E-state index in [4.69, 9.17) is 0 Å². The van der Waals surface area contributed by atoms with Crippen molar-refractivity contribution in [3.63, 3.8) is 0 Å². The van der Waals surface area contributed by atoms with Crippen LogP contribution in [0.4, 0.5) is 14.5 Å². The first-order valence-corrected chi connectivity index (χ1v) is 9.62. The van der Waals surface area contributed by atoms with Crippen LogP contribution in [0, 0.1) is 32.4 Å². The van der Waals surface area contributed by atoms with E-state index in [1.54, 1.807) is 25.2 Å². The summed E-state index contributed by atoms with van der Waals surface area (Å²) < 4.78 is 27.0. The largest absolute Gasteiger partial charge is 0.323 e. The number of rotatable bonds is 4. The van der Waals surface area contributed by atoms with Crippen LogP contribution in [-0.4, -0.2) is 21.1 Å². The molecule has 0 aliphatic rings. The van der Waals surface area contributed by atoms with E-state index < -0.39 is 22.8 Å². The first kappa shape index (κ1) is 18.7. The molecule has 0 saturated carbocycles. The van der Waals surface area contributed by atoms with Crippen LogP contribution in [0.1, 0.15) is 23.2 Å². The molecular formula is C18H17F2N3OS2. The molecule has 1 N–H and O–H groups in total. The second-order valence-electron chi connectivity index (χ2n) is 5.91. The van der Waals surface area contributed by atoms with E-state index in [1.807, 2.05) is 13.8 Å². The summed E-state index contributed by atoms with van der Waals surface area (Å²) in [7, 11) is 0. The van der Waals surface area contributed by atoms with Crippen LogP contribution in [-0.2, 0) is 4.79 Å². The maximum atomic E-state index is 13.7. The van der Waals surface area contributed by atoms with Crippen molar-refractivity contribution in [1.29, 1.82) is 0 Å². The Labute approximate surface area is 158 Å². The van der Waals surface area contributed by atoms with Crippen LogP contribution in [0.5, 0.6) is 0 Å². The Morgan fingerprint density at radius 1 is 1.23 bits per heavy atom. The monoisotopic (exact) mass is 393 g/mol. The molecule has 0 aliphatic heterocycles. The first-order chi connectivity index (χ1) is 12.3. The van der Waals surface area contributed by atoms with E-state index in [1.165, 1.54) is 11.8 Å². The molecule has 3 rings (SSSR count). The minimum atomic E-state index is -0.679. The summed E-state index contributed by atoms with van der Waals surface area (Å²) in [5.41, 5.74) is 0.922. The molecule has 2 aromatic heterocycles. The van der Waals surface area contributed by atoms with Crippen LogP contribution in [0.3, 0.4) is 0 Å². The quantitative estimate of drug-likeness (QED) is 0.500. The molecule has 0 aliphatic carbocycles. The van der Waals surface area contributed by atoms with Gasteiger partial charge >= 0.3 is 0 Å². The second kappa shape index (κ2) is 7.28. The molecule has 26 heavy (non-hydrogen) atoms. The summed E-state index contributed by atoms with van der Waals surface area (Å²) >= 11 is 2.87. The molecule has 0 radical (unpaired) electrons. The third-order valence-electron chi connectivity index (χ3n) is 3.95. The number of thiophene rings is 1. The number of carbonyl (C=O) groups is 1. The van der Waals surface area contributed by atoms with Crippen molar-refractivity contribution in [2.24, 2.45) is 0 Å². The summed E-state index contributed by atoms with van der Waals surface area (Å²) in [5, 5.41) is 3.55. The smallest absolute Gasteiger partial charge is 0.237 e. The van der Waals surface area contributed by atoms with Gasteiger partial charge in [0.25, 0.3) is 0 Å². The number of hydrogen-bond acceptors (Lipinski definition) is 5. The fraction of sp³-hybridized carbons (Fsp3) is 0.278. The minimum absolute atomic E-state index is 0.172. The Balaban J connectivity index is 1.85. The van der Waals surface area contributed by atoms with Gasteiger partial charge in [0, 0.05) is 16.3 Å². The molecule has 136 valence electrons. The van der Waals surface area contributed by atoms with Crippen molar-refractivity contribution >= 4 is 44.9 Å². The Bertz CT molecular complexity index is 1000. The highest BCUT2D eigenvalue weighted by molar-refractivity contribution is 8.00. The van der Waals surface area contributed by atoms with Crippen LogP contribution in [0.25, 0.3) is 10.2 Å². The first-order valence-electron chi connectivity index (χ1n) is 7.93. The number of carbonyl (C=O) groups excluding carboxylic acids is 1. The lowest BCUT2D eigenvalue weighted by molar-refractivity contribution is -0.115. The average Bonchev–Trinajstić information content (AvgIpc) is 2.85. The number of nitrogens with zero attached hydrogens (tertiary/aromatic N) is 2. The summed E-state index contributed by atoms with van der Waals surface area (Å²) in [6.45, 7) is 7.54. The molecule has 8 heteroatoms. The summed E-state index contributed by atoms with van der Waals surface area (Å²) in [4.78, 5) is 23.4. The molecule has 0 spiro atoms. The molecule has 4 nitrogen and oxygen atoms in total. The molecule has 2 heterocycles. The maximum Gasteiger partial charge on any atom is 0.237 e. The number of benzene rings is 1. The number of amides is 1. The molecule has 1 amide bonds. The van der Waals surface area contributed by atoms with Crippen LogP contribution < -0.4 is 5.32 Å². The van der Waals surface area contributed by atoms with Crippen LogP contribution in [0.15, 0.2) is 23.2 Å². The van der Waals surface area contributed by atoms with Crippen LogP contribution >= 0.6 is 23.1 Å². The zero-order chi connectivity index (χ0) is 19.0. The lowest BCUT2D eigenvalue weighted by atomic mass is 10.2. The molecule has 1 aromatic carbocycles. The van der Waals surface area contributed by atoms with E-state index in [-0.39, 0.29) is 5.69 Å². The Kier molecular flexibility index (Phi) is 5.24. The van der Waals surface area contributed by atoms with Crippen molar-refractivity contribution in [2.75, 3.05) is 5.32 Å². The van der Waals surface area contributed by atoms with Gasteiger partial charge in [-0.25, -0.2) is 18.7 Å². The van der Waals surface area contributed by atoms with Gasteiger partial charge in [-0.3, -0.25) is 4.79 Å². The molecule has 0 fully saturated rings. The van der Waals surface area contributed by atoms with E-state index >= 15 is 0 Å². The number of hydrogen-bond donors (Lipinski definition) is 1. The lowest BCUT2D eigenvalue weighted by Crippen LogP contribution is -2.23. The highest BCUT2D eigenvalue weighted by Crippen LogP contribution is 2.36. The zero-order valence-electron chi connectivity index (χ0n) is 14.7. The van der Waals surface area contributed by atoms with Crippen molar-refractivity contribution in [3.8, 4) is 0 Å². The Morgan fingerprint density at radius 2 is 1.96 bits per heavy atom. The summed E-state index contributed by atoms with van der Waals surface area (Å²) in [6.07, 6.45) is 0. The number of fused-ring (bicyclic) bond motifs is 1. The second-order valence-corrected chi connectivity index (χ2v) is 8.45. The van der Waals surface area contributed by atoms with Gasteiger partial charge in [-0.1, -0.05) is 11.8 Å². The molecule has 0 bridgehead atoms. The number of nitrogens with one attached hydrogen (secondary N) is 1. The van der Waals surface area contributed by atoms with Gasteiger partial charge in [0.15, 0.2) is 0 Å². The molecule has 0 unspecified atom stereocenters. The fourth-order valence-electron chi connectivity index (χ4n) is 2.45. The van der Waals surface area contributed by atoms with Gasteiger partial charge < -0.3 is 5.32 Å². The highest BCUT2D eigenvalue weighted by atomic mass is 32.2. The predicted molar refractivity (Wildman–Crippen MR) is 102 cm³/mol. The van der Waals surface area contributed by atoms with Gasteiger partial charge in [-0.05, 0) is 45.4 Å². The topological polar surface area (TPSA) is 54.9 Å². The van der Waals surface area contributed by atoms with Gasteiger partial charge in [-0.2, -0.15) is 0 Å². The van der Waals surface area contributed by atoms with Crippen LogP contribution in [0.2, 0.25) is 0 Å². The van der Waals surface area contributed by atoms with Gasteiger partial charge in [0.2, 0.25) is 5.91 Å². The third-order valence-corrected chi connectivity index (χ3v) is 6.14. The highest BCUT2D eigenvalue weighted by Gasteiger charge is 2.21. The maximum absolute atomic E-state index is 13.7. The van der Waals surface area contributed by atoms with Crippen molar-refractivity contribution in [2.45, 2.75) is 38.0 Å². The van der Waals surface area contributed by atoms with Crippen molar-refractivity contribution in [1.82, 2.24) is 9.97 Å². The molecular weight excluding hydrogens is 376 g/mol. The molecule has 3 aromatic rings. The van der Waals surface area contributed by atoms with Gasteiger partial charge in [-0.15, -0.1) is 11.3 Å². The van der Waals surface area contributed by atoms with E-state index in [2.05, 4.69) is 15.3 Å². The number of aryl methyl sites for hydroxylation is 3. The Hall–Kier alpha value is -2.06. The third kappa shape index (κ3) is 3.71. The van der Waals surface area contributed by atoms with Gasteiger partial charge in [0.05, 0.1) is 10.9 Å². The Morgan fingerprint density at radius 3 is 2.69 bits per heavy atom. The minimum Gasteiger partial charge on any atom is -0.323 e. The fourth-order valence-corrected chi connectivity index (χ4v) is 4.64. The standard InChI is InChI=1S/C18H17F2N3OS2/c1-8-9(2)25-17-15(8)18(22-11(4)21-17)26-10(3)16(24)23-14-7-12(19)5-6-13(14)20/h5-7,10H,1-4H3,(H,23,24)/t10-/m1/s1. The average molecular weight is 393 g/mol. The predicted octanol–water partition coefficient (Wildman–Crippen LogP) is 5.01. The van der Waals surface area contributed by atoms with E-state index in [9.17, 15) is 13.6 Å². The van der Waals surface area contributed by atoms with Gasteiger partial charge in [0.1, 0.15) is 27.3 Å². The molecule has 1 atom stereocenters. The molecule has 0 saturated heterocycles. The normalized spacial score (nSPS) is 12.4. The number of aromatic nitrogens is 2. The zero-order valence-corrected chi connectivity index (χ0v) is 16.3. The summed E-state index contributed by atoms with van der Waals surface area (Å²) in [6, 6.07) is 2.95. The van der Waals surface area contributed by atoms with E-state index in [0.717, 1.165) is 43.9 Å². The van der Waals surface area contributed by atoms with Crippen molar-refractivity contribution < 1.29 is 13.6 Å². The number of thioether (sulfide) groups is 1. The lowest BCUT2D eigenvalue weighted by Gasteiger charge is -2.13. The van der Waals surface area contributed by atoms with Crippen molar-refractivity contribution in [3.05, 3.63) is 46.1 Å².